The van der Waals surface area contributed by atoms with E-state index in [1.807, 2.05) is 50.2 Å². The van der Waals surface area contributed by atoms with E-state index in [0.717, 1.165) is 17.8 Å². The molecule has 2 amide bonds. The zero-order valence-corrected chi connectivity index (χ0v) is 12.9. The highest BCUT2D eigenvalue weighted by Crippen LogP contribution is 2.32. The first kappa shape index (κ1) is 15.5. The van der Waals surface area contributed by atoms with Crippen LogP contribution in [0.2, 0.25) is 0 Å². The first-order chi connectivity index (χ1) is 10.0. The van der Waals surface area contributed by atoms with E-state index in [1.54, 1.807) is 4.90 Å². The fraction of sp³-hybridized carbons (Fsp3) is 0.500. The van der Waals surface area contributed by atoms with Gasteiger partial charge in [-0.25, -0.2) is 0 Å². The average molecular weight is 289 g/mol. The van der Waals surface area contributed by atoms with Crippen molar-refractivity contribution < 1.29 is 9.59 Å². The molecular weight excluding hydrogens is 266 g/mol. The quantitative estimate of drug-likeness (QED) is 0.881. The lowest BCUT2D eigenvalue weighted by Crippen LogP contribution is -2.49. The SMILES string of the molecule is CCC(=O)N1c2ccccc2C[C@H]1C(=O)NCCN(C)C. The largest absolute Gasteiger partial charge is 0.353 e. The molecule has 0 bridgehead atoms. The summed E-state index contributed by atoms with van der Waals surface area (Å²) in [6.07, 6.45) is 0.992. The van der Waals surface area contributed by atoms with E-state index >= 15 is 0 Å². The van der Waals surface area contributed by atoms with Crippen LogP contribution in [0.3, 0.4) is 0 Å². The van der Waals surface area contributed by atoms with Crippen LogP contribution >= 0.6 is 0 Å². The number of anilines is 1. The van der Waals surface area contributed by atoms with Gasteiger partial charge in [0.25, 0.3) is 0 Å². The molecule has 1 aliphatic rings. The number of carbonyl (C=O) groups is 2. The van der Waals surface area contributed by atoms with E-state index in [4.69, 9.17) is 0 Å². The average Bonchev–Trinajstić information content (AvgIpc) is 2.85. The molecule has 0 spiro atoms. The molecule has 1 heterocycles. The highest BCUT2D eigenvalue weighted by molar-refractivity contribution is 6.03. The van der Waals surface area contributed by atoms with E-state index in [2.05, 4.69) is 5.32 Å². The highest BCUT2D eigenvalue weighted by Gasteiger charge is 2.37. The van der Waals surface area contributed by atoms with E-state index < -0.39 is 6.04 Å². The van der Waals surface area contributed by atoms with Crippen LogP contribution in [0, 0.1) is 0 Å². The molecule has 1 aromatic rings. The van der Waals surface area contributed by atoms with Crippen molar-refractivity contribution in [1.29, 1.82) is 0 Å². The van der Waals surface area contributed by atoms with Crippen LogP contribution in [0.15, 0.2) is 24.3 Å². The van der Waals surface area contributed by atoms with Crippen molar-refractivity contribution >= 4 is 17.5 Å². The monoisotopic (exact) mass is 289 g/mol. The number of likely N-dealkylation sites (N-methyl/N-ethyl adjacent to an activating group) is 1. The minimum atomic E-state index is -0.419. The molecule has 0 saturated carbocycles. The molecule has 1 N–H and O–H groups in total. The number of benzene rings is 1. The number of carbonyl (C=O) groups excluding carboxylic acids is 2. The molecule has 0 fully saturated rings. The van der Waals surface area contributed by atoms with Gasteiger partial charge in [0.05, 0.1) is 0 Å². The Bertz CT molecular complexity index is 528. The Hall–Kier alpha value is -1.88. The van der Waals surface area contributed by atoms with Gasteiger partial charge in [-0.15, -0.1) is 0 Å². The van der Waals surface area contributed by atoms with Crippen molar-refractivity contribution in [3.05, 3.63) is 29.8 Å². The number of amides is 2. The van der Waals surface area contributed by atoms with Gasteiger partial charge in [-0.1, -0.05) is 25.1 Å². The minimum absolute atomic E-state index is 0.00675. The van der Waals surface area contributed by atoms with Crippen LogP contribution < -0.4 is 10.2 Å². The summed E-state index contributed by atoms with van der Waals surface area (Å²) >= 11 is 0. The first-order valence-corrected chi connectivity index (χ1v) is 7.37. The second-order valence-electron chi connectivity index (χ2n) is 5.56. The normalized spacial score (nSPS) is 17.0. The second kappa shape index (κ2) is 6.72. The van der Waals surface area contributed by atoms with E-state index in [0.29, 0.717) is 19.4 Å². The maximum absolute atomic E-state index is 12.4. The lowest BCUT2D eigenvalue weighted by Gasteiger charge is -2.24. The van der Waals surface area contributed by atoms with Crippen molar-refractivity contribution in [3.8, 4) is 0 Å². The van der Waals surface area contributed by atoms with Crippen molar-refractivity contribution in [2.24, 2.45) is 0 Å². The van der Waals surface area contributed by atoms with Gasteiger partial charge in [0, 0.05) is 31.6 Å². The van der Waals surface area contributed by atoms with Gasteiger partial charge in [-0.05, 0) is 25.7 Å². The second-order valence-corrected chi connectivity index (χ2v) is 5.56. The third-order valence-electron chi connectivity index (χ3n) is 3.71. The molecule has 0 saturated heterocycles. The molecule has 0 aliphatic carbocycles. The topological polar surface area (TPSA) is 52.7 Å². The Morgan fingerprint density at radius 2 is 2.05 bits per heavy atom. The third-order valence-corrected chi connectivity index (χ3v) is 3.71. The highest BCUT2D eigenvalue weighted by atomic mass is 16.2. The first-order valence-electron chi connectivity index (χ1n) is 7.37. The molecule has 1 aromatic carbocycles. The summed E-state index contributed by atoms with van der Waals surface area (Å²) in [6, 6.07) is 7.33. The predicted molar refractivity (Wildman–Crippen MR) is 83.3 cm³/mol. The summed E-state index contributed by atoms with van der Waals surface area (Å²) in [5.41, 5.74) is 1.93. The van der Waals surface area contributed by atoms with Gasteiger partial charge in [-0.2, -0.15) is 0 Å². The van der Waals surface area contributed by atoms with Crippen molar-refractivity contribution in [1.82, 2.24) is 10.2 Å². The molecule has 1 atom stereocenters. The number of rotatable bonds is 5. The maximum atomic E-state index is 12.4. The minimum Gasteiger partial charge on any atom is -0.353 e. The lowest BCUT2D eigenvalue weighted by molar-refractivity contribution is -0.126. The molecule has 0 unspecified atom stereocenters. The van der Waals surface area contributed by atoms with Crippen LogP contribution in [-0.4, -0.2) is 49.9 Å². The fourth-order valence-electron chi connectivity index (χ4n) is 2.59. The number of hydrogen-bond donors (Lipinski definition) is 1. The summed E-state index contributed by atoms with van der Waals surface area (Å²) < 4.78 is 0. The molecule has 0 aromatic heterocycles. The lowest BCUT2D eigenvalue weighted by atomic mass is 10.1. The van der Waals surface area contributed by atoms with Crippen LogP contribution in [0.1, 0.15) is 18.9 Å². The molecule has 5 nitrogen and oxygen atoms in total. The van der Waals surface area contributed by atoms with E-state index in [1.165, 1.54) is 0 Å². The number of nitrogens with zero attached hydrogens (tertiary/aromatic N) is 2. The maximum Gasteiger partial charge on any atom is 0.243 e. The third kappa shape index (κ3) is 3.42. The Morgan fingerprint density at radius 3 is 2.71 bits per heavy atom. The van der Waals surface area contributed by atoms with Gasteiger partial charge in [0.2, 0.25) is 11.8 Å². The van der Waals surface area contributed by atoms with Crippen LogP contribution in [0.4, 0.5) is 5.69 Å². The molecule has 1 aliphatic heterocycles. The van der Waals surface area contributed by atoms with Crippen molar-refractivity contribution in [3.63, 3.8) is 0 Å². The number of nitrogens with one attached hydrogen (secondary N) is 1. The number of para-hydroxylation sites is 1. The molecule has 2 rings (SSSR count). The van der Waals surface area contributed by atoms with E-state index in [-0.39, 0.29) is 11.8 Å². The predicted octanol–water partition coefficient (Wildman–Crippen LogP) is 1.03. The molecule has 0 radical (unpaired) electrons. The fourth-order valence-corrected chi connectivity index (χ4v) is 2.59. The molecule has 21 heavy (non-hydrogen) atoms. The van der Waals surface area contributed by atoms with Gasteiger partial charge in [-0.3, -0.25) is 14.5 Å². The molecule has 5 heteroatoms. The summed E-state index contributed by atoms with van der Waals surface area (Å²) in [5.74, 6) is -0.0810. The zero-order chi connectivity index (χ0) is 15.4. The molecular formula is C16H23N3O2. The Morgan fingerprint density at radius 1 is 1.33 bits per heavy atom. The Labute approximate surface area is 125 Å². The van der Waals surface area contributed by atoms with Gasteiger partial charge < -0.3 is 10.2 Å². The van der Waals surface area contributed by atoms with Gasteiger partial charge in [0.1, 0.15) is 6.04 Å². The smallest absolute Gasteiger partial charge is 0.243 e. The number of hydrogen-bond acceptors (Lipinski definition) is 3. The standard InChI is InChI=1S/C16H23N3O2/c1-4-15(20)19-13-8-6-5-7-12(13)11-14(19)16(21)17-9-10-18(2)3/h5-8,14H,4,9-11H2,1-3H3,(H,17,21)/t14-/m0/s1. The number of fused-ring (bicyclic) bond motifs is 1. The van der Waals surface area contributed by atoms with Crippen molar-refractivity contribution in [2.75, 3.05) is 32.1 Å². The molecule has 114 valence electrons. The zero-order valence-electron chi connectivity index (χ0n) is 12.9. The summed E-state index contributed by atoms with van der Waals surface area (Å²) in [6.45, 7) is 3.20. The van der Waals surface area contributed by atoms with Crippen LogP contribution in [0.25, 0.3) is 0 Å². The van der Waals surface area contributed by atoms with Gasteiger partial charge >= 0.3 is 0 Å². The Kier molecular flexibility index (Phi) is 4.96. The summed E-state index contributed by atoms with van der Waals surface area (Å²) in [4.78, 5) is 28.3. The summed E-state index contributed by atoms with van der Waals surface area (Å²) in [7, 11) is 3.93. The van der Waals surface area contributed by atoms with Gasteiger partial charge in [0.15, 0.2) is 0 Å². The Balaban J connectivity index is 2.12. The van der Waals surface area contributed by atoms with Crippen molar-refractivity contribution in [2.45, 2.75) is 25.8 Å². The van der Waals surface area contributed by atoms with Crippen LogP contribution in [-0.2, 0) is 16.0 Å². The van der Waals surface area contributed by atoms with Crippen LogP contribution in [0.5, 0.6) is 0 Å². The summed E-state index contributed by atoms with van der Waals surface area (Å²) in [5, 5.41) is 2.93. The van der Waals surface area contributed by atoms with E-state index in [9.17, 15) is 9.59 Å².